The molecule has 1 aliphatic heterocycles. The van der Waals surface area contributed by atoms with E-state index in [4.69, 9.17) is 9.97 Å². The molecule has 0 aromatic carbocycles. The maximum Gasteiger partial charge on any atom is 0.161 e. The Morgan fingerprint density at radius 2 is 2.05 bits per heavy atom. The van der Waals surface area contributed by atoms with Gasteiger partial charge in [0.05, 0.1) is 11.4 Å². The van der Waals surface area contributed by atoms with Gasteiger partial charge in [-0.25, -0.2) is 9.97 Å². The van der Waals surface area contributed by atoms with E-state index in [0.717, 1.165) is 34.6 Å². The fraction of sp³-hybridized carbons (Fsp3) is 0.357. The Morgan fingerprint density at radius 1 is 1.16 bits per heavy atom. The molecule has 96 valence electrons. The minimum absolute atomic E-state index is 0.649. The quantitative estimate of drug-likeness (QED) is 0.925. The van der Waals surface area contributed by atoms with Crippen LogP contribution < -0.4 is 5.32 Å². The second-order valence-electron chi connectivity index (χ2n) is 5.13. The molecule has 2 aliphatic rings. The van der Waals surface area contributed by atoms with E-state index in [1.807, 2.05) is 12.3 Å². The van der Waals surface area contributed by atoms with E-state index < -0.39 is 0 Å². The van der Waals surface area contributed by atoms with E-state index in [1.54, 1.807) is 6.20 Å². The minimum atomic E-state index is 0.649. The third-order valence-corrected chi connectivity index (χ3v) is 4.08. The van der Waals surface area contributed by atoms with Crippen LogP contribution in [0.3, 0.4) is 0 Å². The monoisotopic (exact) mass is 316 g/mol. The Hall–Kier alpha value is -1.33. The fourth-order valence-corrected chi connectivity index (χ4v) is 2.92. The second-order valence-corrected chi connectivity index (χ2v) is 6.04. The molecule has 1 aliphatic carbocycles. The first-order valence-electron chi connectivity index (χ1n) is 6.52. The summed E-state index contributed by atoms with van der Waals surface area (Å²) in [5, 5.41) is 3.37. The van der Waals surface area contributed by atoms with Crippen molar-refractivity contribution in [2.24, 2.45) is 0 Å². The topological polar surface area (TPSA) is 50.7 Å². The van der Waals surface area contributed by atoms with E-state index >= 15 is 0 Å². The molecule has 1 fully saturated rings. The SMILES string of the molecule is Brc1cncc(-c2nc3c(c(C4CC4)n2)CNC3)c1. The summed E-state index contributed by atoms with van der Waals surface area (Å²) < 4.78 is 0.959. The summed E-state index contributed by atoms with van der Waals surface area (Å²) in [6.45, 7) is 1.77. The van der Waals surface area contributed by atoms with Gasteiger partial charge in [-0.3, -0.25) is 4.98 Å². The number of nitrogens with one attached hydrogen (secondary N) is 1. The maximum atomic E-state index is 4.81. The summed E-state index contributed by atoms with van der Waals surface area (Å²) in [4.78, 5) is 13.7. The molecule has 19 heavy (non-hydrogen) atoms. The van der Waals surface area contributed by atoms with Gasteiger partial charge in [0.15, 0.2) is 5.82 Å². The van der Waals surface area contributed by atoms with Gasteiger partial charge in [-0.05, 0) is 34.8 Å². The summed E-state index contributed by atoms with van der Waals surface area (Å²) >= 11 is 3.45. The molecule has 0 radical (unpaired) electrons. The molecular weight excluding hydrogens is 304 g/mol. The largest absolute Gasteiger partial charge is 0.307 e. The molecule has 0 bridgehead atoms. The smallest absolute Gasteiger partial charge is 0.161 e. The zero-order valence-electron chi connectivity index (χ0n) is 10.4. The molecule has 0 atom stereocenters. The van der Waals surface area contributed by atoms with Crippen molar-refractivity contribution in [1.82, 2.24) is 20.3 Å². The molecule has 0 spiro atoms. The molecule has 4 nitrogen and oxygen atoms in total. The highest BCUT2D eigenvalue weighted by Crippen LogP contribution is 2.42. The Labute approximate surface area is 119 Å². The van der Waals surface area contributed by atoms with Crippen LogP contribution in [0, 0.1) is 0 Å². The molecule has 5 heteroatoms. The van der Waals surface area contributed by atoms with Crippen LogP contribution in [0.5, 0.6) is 0 Å². The Balaban J connectivity index is 1.87. The number of pyridine rings is 1. The first-order chi connectivity index (χ1) is 9.31. The van der Waals surface area contributed by atoms with Crippen molar-refractivity contribution < 1.29 is 0 Å². The van der Waals surface area contributed by atoms with Crippen molar-refractivity contribution >= 4 is 15.9 Å². The lowest BCUT2D eigenvalue weighted by atomic mass is 10.1. The summed E-state index contributed by atoms with van der Waals surface area (Å²) in [6, 6.07) is 2.02. The Bertz CT molecular complexity index is 652. The first-order valence-corrected chi connectivity index (χ1v) is 7.32. The van der Waals surface area contributed by atoms with Gasteiger partial charge >= 0.3 is 0 Å². The van der Waals surface area contributed by atoms with Crippen molar-refractivity contribution in [2.45, 2.75) is 31.8 Å². The lowest BCUT2D eigenvalue weighted by molar-refractivity contribution is 0.755. The lowest BCUT2D eigenvalue weighted by Gasteiger charge is -2.08. The van der Waals surface area contributed by atoms with Crippen LogP contribution in [-0.4, -0.2) is 15.0 Å². The van der Waals surface area contributed by atoms with Gasteiger partial charge in [-0.1, -0.05) is 0 Å². The Morgan fingerprint density at radius 3 is 2.84 bits per heavy atom. The standard InChI is InChI=1S/C14H13BrN4/c15-10-3-9(4-16-5-10)14-18-12-7-17-6-11(12)13(19-14)8-1-2-8/h3-5,8,17H,1-2,6-7H2. The predicted octanol–water partition coefficient (Wildman–Crippen LogP) is 2.78. The summed E-state index contributed by atoms with van der Waals surface area (Å²) in [5.74, 6) is 1.45. The minimum Gasteiger partial charge on any atom is -0.307 e. The van der Waals surface area contributed by atoms with Crippen molar-refractivity contribution in [3.8, 4) is 11.4 Å². The number of hydrogen-bond acceptors (Lipinski definition) is 4. The van der Waals surface area contributed by atoms with Crippen LogP contribution in [-0.2, 0) is 13.1 Å². The van der Waals surface area contributed by atoms with Crippen LogP contribution in [0.1, 0.15) is 35.7 Å². The number of fused-ring (bicyclic) bond motifs is 1. The summed E-state index contributed by atoms with van der Waals surface area (Å²) in [5.41, 5.74) is 4.72. The average Bonchev–Trinajstić information content (AvgIpc) is 3.15. The van der Waals surface area contributed by atoms with Crippen molar-refractivity contribution in [3.05, 3.63) is 39.9 Å². The normalized spacial score (nSPS) is 17.5. The first kappa shape index (κ1) is 11.5. The third kappa shape index (κ3) is 2.07. The van der Waals surface area contributed by atoms with Crippen LogP contribution in [0.25, 0.3) is 11.4 Å². The number of hydrogen-bond donors (Lipinski definition) is 1. The zero-order valence-corrected chi connectivity index (χ0v) is 11.9. The van der Waals surface area contributed by atoms with E-state index in [1.165, 1.54) is 24.1 Å². The lowest BCUT2D eigenvalue weighted by Crippen LogP contribution is -2.02. The van der Waals surface area contributed by atoms with Gasteiger partial charge in [0, 0.05) is 47.0 Å². The molecular formula is C14H13BrN4. The van der Waals surface area contributed by atoms with Gasteiger partial charge < -0.3 is 5.32 Å². The van der Waals surface area contributed by atoms with Crippen molar-refractivity contribution in [2.75, 3.05) is 0 Å². The highest BCUT2D eigenvalue weighted by Gasteiger charge is 2.31. The van der Waals surface area contributed by atoms with Crippen LogP contribution in [0.4, 0.5) is 0 Å². The fourth-order valence-electron chi connectivity index (χ4n) is 2.55. The van der Waals surface area contributed by atoms with Crippen LogP contribution in [0.2, 0.25) is 0 Å². The van der Waals surface area contributed by atoms with Gasteiger partial charge in [-0.15, -0.1) is 0 Å². The van der Waals surface area contributed by atoms with Crippen LogP contribution in [0.15, 0.2) is 22.9 Å². The molecule has 4 rings (SSSR count). The highest BCUT2D eigenvalue weighted by atomic mass is 79.9. The molecule has 0 saturated heterocycles. The van der Waals surface area contributed by atoms with E-state index in [9.17, 15) is 0 Å². The molecule has 0 unspecified atom stereocenters. The number of nitrogens with zero attached hydrogens (tertiary/aromatic N) is 3. The van der Waals surface area contributed by atoms with Gasteiger partial charge in [-0.2, -0.15) is 0 Å². The molecule has 2 aromatic rings. The van der Waals surface area contributed by atoms with Gasteiger partial charge in [0.2, 0.25) is 0 Å². The number of rotatable bonds is 2. The number of halogens is 1. The van der Waals surface area contributed by atoms with E-state index in [0.29, 0.717) is 5.92 Å². The highest BCUT2D eigenvalue weighted by molar-refractivity contribution is 9.10. The average molecular weight is 317 g/mol. The third-order valence-electron chi connectivity index (χ3n) is 3.65. The number of aromatic nitrogens is 3. The van der Waals surface area contributed by atoms with Crippen molar-refractivity contribution in [3.63, 3.8) is 0 Å². The summed E-state index contributed by atoms with van der Waals surface area (Å²) in [6.07, 6.45) is 6.13. The van der Waals surface area contributed by atoms with E-state index in [2.05, 4.69) is 26.2 Å². The molecule has 1 saturated carbocycles. The van der Waals surface area contributed by atoms with Crippen molar-refractivity contribution in [1.29, 1.82) is 0 Å². The summed E-state index contributed by atoms with van der Waals surface area (Å²) in [7, 11) is 0. The molecule has 3 heterocycles. The second kappa shape index (κ2) is 4.35. The Kier molecular flexibility index (Phi) is 2.63. The molecule has 1 N–H and O–H groups in total. The maximum absolute atomic E-state index is 4.81. The molecule has 0 amide bonds. The zero-order chi connectivity index (χ0) is 12.8. The van der Waals surface area contributed by atoms with E-state index in [-0.39, 0.29) is 0 Å². The predicted molar refractivity (Wildman–Crippen MR) is 75.5 cm³/mol. The van der Waals surface area contributed by atoms with Gasteiger partial charge in [0.25, 0.3) is 0 Å². The van der Waals surface area contributed by atoms with Gasteiger partial charge in [0.1, 0.15) is 0 Å². The molecule has 2 aromatic heterocycles. The van der Waals surface area contributed by atoms with Crippen LogP contribution >= 0.6 is 15.9 Å².